The van der Waals surface area contributed by atoms with Crippen molar-refractivity contribution in [3.05, 3.63) is 59.9 Å². The molecular formula is C15H13F3N2O. The minimum Gasteiger partial charge on any atom is -0.380 e. The average molecular weight is 294 g/mol. The van der Waals surface area contributed by atoms with Gasteiger partial charge >= 0.3 is 0 Å². The normalized spacial score (nSPS) is 10.2. The summed E-state index contributed by atoms with van der Waals surface area (Å²) in [6.45, 7) is 0.0743. The van der Waals surface area contributed by atoms with Gasteiger partial charge in [0.2, 0.25) is 5.91 Å². The van der Waals surface area contributed by atoms with E-state index < -0.39 is 17.5 Å². The zero-order chi connectivity index (χ0) is 15.2. The third-order valence-electron chi connectivity index (χ3n) is 2.74. The van der Waals surface area contributed by atoms with Crippen LogP contribution in [0.4, 0.5) is 24.5 Å². The third kappa shape index (κ3) is 4.24. The highest BCUT2D eigenvalue weighted by Gasteiger charge is 2.08. The topological polar surface area (TPSA) is 41.1 Å². The van der Waals surface area contributed by atoms with Crippen LogP contribution < -0.4 is 10.6 Å². The van der Waals surface area contributed by atoms with Crippen molar-refractivity contribution in [2.45, 2.75) is 6.42 Å². The number of nitrogens with one attached hydrogen (secondary N) is 2. The highest BCUT2D eigenvalue weighted by atomic mass is 19.1. The van der Waals surface area contributed by atoms with E-state index in [4.69, 9.17) is 0 Å². The molecule has 0 fully saturated rings. The number of halogens is 3. The Morgan fingerprint density at radius 2 is 1.57 bits per heavy atom. The lowest BCUT2D eigenvalue weighted by atomic mass is 10.2. The first-order valence-corrected chi connectivity index (χ1v) is 6.29. The summed E-state index contributed by atoms with van der Waals surface area (Å²) in [5.41, 5.74) is 0.200. The zero-order valence-electron chi connectivity index (χ0n) is 11.0. The Bertz CT molecular complexity index is 609. The molecule has 0 atom stereocenters. The predicted molar refractivity (Wildman–Crippen MR) is 74.5 cm³/mol. The molecule has 2 N–H and O–H groups in total. The number of carbonyl (C=O) groups is 1. The van der Waals surface area contributed by atoms with Crippen LogP contribution in [0, 0.1) is 17.5 Å². The van der Waals surface area contributed by atoms with Crippen LogP contribution in [-0.4, -0.2) is 12.5 Å². The molecule has 2 aromatic rings. The Hall–Kier alpha value is -2.50. The van der Waals surface area contributed by atoms with Crippen LogP contribution in [0.2, 0.25) is 0 Å². The fourth-order valence-corrected chi connectivity index (χ4v) is 1.72. The number of para-hydroxylation sites is 1. The molecule has 2 rings (SSSR count). The maximum atomic E-state index is 13.3. The van der Waals surface area contributed by atoms with Gasteiger partial charge in [0.1, 0.15) is 23.1 Å². The zero-order valence-corrected chi connectivity index (χ0v) is 11.0. The molecule has 0 unspecified atom stereocenters. The molecule has 0 aliphatic heterocycles. The van der Waals surface area contributed by atoms with Gasteiger partial charge in [-0.25, -0.2) is 13.2 Å². The summed E-state index contributed by atoms with van der Waals surface area (Å²) in [4.78, 5) is 11.6. The molecule has 0 aliphatic carbocycles. The molecule has 1 amide bonds. The second-order valence-electron chi connectivity index (χ2n) is 4.33. The van der Waals surface area contributed by atoms with Crippen LogP contribution in [0.1, 0.15) is 6.42 Å². The van der Waals surface area contributed by atoms with Crippen LogP contribution in [-0.2, 0) is 4.79 Å². The van der Waals surface area contributed by atoms with Crippen LogP contribution in [0.15, 0.2) is 42.5 Å². The van der Waals surface area contributed by atoms with E-state index in [1.807, 2.05) is 0 Å². The SMILES string of the molecule is O=C(CCNc1c(F)cccc1F)Nc1ccc(F)cc1. The van der Waals surface area contributed by atoms with Crippen molar-refractivity contribution >= 4 is 17.3 Å². The van der Waals surface area contributed by atoms with Gasteiger partial charge in [-0.1, -0.05) is 6.07 Å². The van der Waals surface area contributed by atoms with Crippen molar-refractivity contribution in [1.82, 2.24) is 0 Å². The van der Waals surface area contributed by atoms with Gasteiger partial charge in [-0.05, 0) is 36.4 Å². The standard InChI is InChI=1S/C15H13F3N2O/c16-10-4-6-11(7-5-10)20-14(21)8-9-19-15-12(17)2-1-3-13(15)18/h1-7,19H,8-9H2,(H,20,21). The molecule has 0 aliphatic rings. The number of carbonyl (C=O) groups excluding carboxylic acids is 1. The average Bonchev–Trinajstić information content (AvgIpc) is 2.45. The number of benzene rings is 2. The summed E-state index contributed by atoms with van der Waals surface area (Å²) < 4.78 is 39.3. The maximum Gasteiger partial charge on any atom is 0.226 e. The highest BCUT2D eigenvalue weighted by molar-refractivity contribution is 5.90. The Balaban J connectivity index is 1.83. The van der Waals surface area contributed by atoms with Crippen molar-refractivity contribution in [2.75, 3.05) is 17.2 Å². The predicted octanol–water partition coefficient (Wildman–Crippen LogP) is 3.54. The van der Waals surface area contributed by atoms with Gasteiger partial charge in [0.15, 0.2) is 0 Å². The van der Waals surface area contributed by atoms with Crippen LogP contribution >= 0.6 is 0 Å². The summed E-state index contributed by atoms with van der Waals surface area (Å²) in [7, 11) is 0. The Labute approximate surface area is 119 Å². The Morgan fingerprint density at radius 3 is 2.19 bits per heavy atom. The van der Waals surface area contributed by atoms with Crippen LogP contribution in [0.25, 0.3) is 0 Å². The molecule has 0 bridgehead atoms. The quantitative estimate of drug-likeness (QED) is 0.885. The third-order valence-corrected chi connectivity index (χ3v) is 2.74. The monoisotopic (exact) mass is 294 g/mol. The van der Waals surface area contributed by atoms with Gasteiger partial charge in [-0.3, -0.25) is 4.79 Å². The van der Waals surface area contributed by atoms with Crippen molar-refractivity contribution in [1.29, 1.82) is 0 Å². The minimum absolute atomic E-state index is 0.0190. The smallest absolute Gasteiger partial charge is 0.226 e. The van der Waals surface area contributed by atoms with E-state index in [2.05, 4.69) is 10.6 Å². The van der Waals surface area contributed by atoms with Crippen LogP contribution in [0.3, 0.4) is 0 Å². The Morgan fingerprint density at radius 1 is 0.952 bits per heavy atom. The molecule has 0 saturated heterocycles. The summed E-state index contributed by atoms with van der Waals surface area (Å²) >= 11 is 0. The van der Waals surface area contributed by atoms with E-state index in [9.17, 15) is 18.0 Å². The second kappa shape index (κ2) is 6.78. The number of rotatable bonds is 5. The second-order valence-corrected chi connectivity index (χ2v) is 4.33. The number of anilines is 2. The molecule has 0 aromatic heterocycles. The maximum absolute atomic E-state index is 13.3. The number of hydrogen-bond acceptors (Lipinski definition) is 2. The molecule has 0 heterocycles. The fraction of sp³-hybridized carbons (Fsp3) is 0.133. The van der Waals surface area contributed by atoms with E-state index in [1.165, 1.54) is 30.3 Å². The summed E-state index contributed by atoms with van der Waals surface area (Å²) in [5, 5.41) is 5.09. The van der Waals surface area contributed by atoms with Gasteiger partial charge < -0.3 is 10.6 Å². The lowest BCUT2D eigenvalue weighted by molar-refractivity contribution is -0.115. The Kier molecular flexibility index (Phi) is 4.81. The molecule has 2 aromatic carbocycles. The molecular weight excluding hydrogens is 281 g/mol. The lowest BCUT2D eigenvalue weighted by Crippen LogP contribution is -2.17. The van der Waals surface area contributed by atoms with Gasteiger partial charge in [0.05, 0.1) is 0 Å². The number of amides is 1. The summed E-state index contributed by atoms with van der Waals surface area (Å²) in [5.74, 6) is -2.17. The molecule has 21 heavy (non-hydrogen) atoms. The molecule has 6 heteroatoms. The largest absolute Gasteiger partial charge is 0.380 e. The van der Waals surface area contributed by atoms with E-state index in [1.54, 1.807) is 0 Å². The van der Waals surface area contributed by atoms with E-state index in [0.29, 0.717) is 5.69 Å². The van der Waals surface area contributed by atoms with Gasteiger partial charge in [-0.2, -0.15) is 0 Å². The van der Waals surface area contributed by atoms with Crippen molar-refractivity contribution in [3.63, 3.8) is 0 Å². The van der Waals surface area contributed by atoms with Crippen molar-refractivity contribution < 1.29 is 18.0 Å². The first-order valence-electron chi connectivity index (χ1n) is 6.29. The summed E-state index contributed by atoms with van der Waals surface area (Å²) in [6.07, 6.45) is 0.0190. The van der Waals surface area contributed by atoms with E-state index in [0.717, 1.165) is 12.1 Å². The summed E-state index contributed by atoms with van der Waals surface area (Å²) in [6, 6.07) is 8.82. The number of hydrogen-bond donors (Lipinski definition) is 2. The fourth-order valence-electron chi connectivity index (χ4n) is 1.72. The molecule has 3 nitrogen and oxygen atoms in total. The van der Waals surface area contributed by atoms with E-state index in [-0.39, 0.29) is 24.6 Å². The van der Waals surface area contributed by atoms with Gasteiger partial charge in [0.25, 0.3) is 0 Å². The molecule has 0 saturated carbocycles. The van der Waals surface area contributed by atoms with Gasteiger partial charge in [0, 0.05) is 18.7 Å². The van der Waals surface area contributed by atoms with Gasteiger partial charge in [-0.15, -0.1) is 0 Å². The van der Waals surface area contributed by atoms with Crippen molar-refractivity contribution in [3.8, 4) is 0 Å². The minimum atomic E-state index is -0.714. The highest BCUT2D eigenvalue weighted by Crippen LogP contribution is 2.17. The molecule has 0 radical (unpaired) electrons. The van der Waals surface area contributed by atoms with E-state index >= 15 is 0 Å². The van der Waals surface area contributed by atoms with Crippen molar-refractivity contribution in [2.24, 2.45) is 0 Å². The first-order chi connectivity index (χ1) is 10.1. The first kappa shape index (κ1) is 14.9. The molecule has 110 valence electrons. The molecule has 0 spiro atoms. The lowest BCUT2D eigenvalue weighted by Gasteiger charge is -2.09. The van der Waals surface area contributed by atoms with Crippen LogP contribution in [0.5, 0.6) is 0 Å².